The van der Waals surface area contributed by atoms with Crippen molar-refractivity contribution in [1.29, 1.82) is 0 Å². The van der Waals surface area contributed by atoms with Crippen LogP contribution in [0.25, 0.3) is 0 Å². The second kappa shape index (κ2) is 10.6. The van der Waals surface area contributed by atoms with Crippen LogP contribution in [0.5, 0.6) is 0 Å². The summed E-state index contributed by atoms with van der Waals surface area (Å²) in [6, 6.07) is 9.50. The highest BCUT2D eigenvalue weighted by Gasteiger charge is 2.47. The summed E-state index contributed by atoms with van der Waals surface area (Å²) in [6.07, 6.45) is 6.32. The maximum Gasteiger partial charge on any atom is 0.337 e. The SMILES string of the molecule is CC(C)CCCCCCOC(=O)C1=C(C(=O)OCc2ccccc2)C2CCC1O2. The van der Waals surface area contributed by atoms with Crippen molar-refractivity contribution in [2.75, 3.05) is 6.61 Å². The number of benzene rings is 1. The molecule has 2 unspecified atom stereocenters. The topological polar surface area (TPSA) is 61.8 Å². The molecule has 158 valence electrons. The number of unbranched alkanes of at least 4 members (excludes halogenated alkanes) is 3. The molecule has 1 fully saturated rings. The summed E-state index contributed by atoms with van der Waals surface area (Å²) in [5.41, 5.74) is 1.64. The van der Waals surface area contributed by atoms with Crippen LogP contribution in [0.3, 0.4) is 0 Å². The minimum atomic E-state index is -0.471. The predicted octanol–water partition coefficient (Wildman–Crippen LogP) is 4.74. The van der Waals surface area contributed by atoms with Crippen LogP contribution in [0, 0.1) is 5.92 Å². The van der Waals surface area contributed by atoms with Crippen LogP contribution in [-0.2, 0) is 30.4 Å². The molecule has 0 aromatic heterocycles. The van der Waals surface area contributed by atoms with Gasteiger partial charge in [-0.25, -0.2) is 9.59 Å². The molecule has 1 saturated heterocycles. The van der Waals surface area contributed by atoms with Crippen LogP contribution >= 0.6 is 0 Å². The summed E-state index contributed by atoms with van der Waals surface area (Å²) in [4.78, 5) is 25.3. The van der Waals surface area contributed by atoms with Gasteiger partial charge in [0.2, 0.25) is 0 Å². The summed E-state index contributed by atoms with van der Waals surface area (Å²) < 4.78 is 16.7. The Labute approximate surface area is 173 Å². The van der Waals surface area contributed by atoms with E-state index in [0.29, 0.717) is 17.8 Å². The number of rotatable bonds is 11. The molecule has 0 amide bonds. The molecule has 5 nitrogen and oxygen atoms in total. The molecule has 3 rings (SSSR count). The van der Waals surface area contributed by atoms with Crippen LogP contribution in [-0.4, -0.2) is 30.8 Å². The Hall–Kier alpha value is -2.14. The maximum absolute atomic E-state index is 12.7. The third kappa shape index (κ3) is 5.92. The second-order valence-corrected chi connectivity index (χ2v) is 8.31. The van der Waals surface area contributed by atoms with Gasteiger partial charge in [0.05, 0.1) is 30.0 Å². The van der Waals surface area contributed by atoms with Gasteiger partial charge in [0.15, 0.2) is 0 Å². The van der Waals surface area contributed by atoms with Gasteiger partial charge in [-0.3, -0.25) is 0 Å². The van der Waals surface area contributed by atoms with E-state index in [1.165, 1.54) is 12.8 Å². The average Bonchev–Trinajstić information content (AvgIpc) is 3.33. The van der Waals surface area contributed by atoms with Crippen molar-refractivity contribution in [1.82, 2.24) is 0 Å². The predicted molar refractivity (Wildman–Crippen MR) is 110 cm³/mol. The fourth-order valence-corrected chi connectivity index (χ4v) is 3.94. The van der Waals surface area contributed by atoms with E-state index in [1.807, 2.05) is 30.3 Å². The number of esters is 2. The zero-order chi connectivity index (χ0) is 20.6. The Morgan fingerprint density at radius 1 is 0.931 bits per heavy atom. The Morgan fingerprint density at radius 3 is 2.21 bits per heavy atom. The first kappa shape index (κ1) is 21.6. The minimum absolute atomic E-state index is 0.180. The largest absolute Gasteiger partial charge is 0.462 e. The van der Waals surface area contributed by atoms with Crippen molar-refractivity contribution in [3.05, 3.63) is 47.0 Å². The Kier molecular flexibility index (Phi) is 7.87. The molecule has 29 heavy (non-hydrogen) atoms. The number of fused-ring (bicyclic) bond motifs is 2. The molecule has 5 heteroatoms. The molecule has 1 aromatic carbocycles. The summed E-state index contributed by atoms with van der Waals surface area (Å²) in [5, 5.41) is 0. The van der Waals surface area contributed by atoms with Crippen LogP contribution in [0.15, 0.2) is 41.5 Å². The lowest BCUT2D eigenvalue weighted by Gasteiger charge is -2.15. The van der Waals surface area contributed by atoms with E-state index in [4.69, 9.17) is 14.2 Å². The lowest BCUT2D eigenvalue weighted by Crippen LogP contribution is -2.24. The molecular weight excluding hydrogens is 368 g/mol. The number of hydrogen-bond donors (Lipinski definition) is 0. The maximum atomic E-state index is 12.7. The summed E-state index contributed by atoms with van der Waals surface area (Å²) in [5.74, 6) is -0.162. The molecule has 0 aliphatic carbocycles. The van der Waals surface area contributed by atoms with Gasteiger partial charge in [-0.1, -0.05) is 69.9 Å². The van der Waals surface area contributed by atoms with Crippen molar-refractivity contribution >= 4 is 11.9 Å². The Balaban J connectivity index is 1.50. The number of carbonyl (C=O) groups excluding carboxylic acids is 2. The average molecular weight is 401 g/mol. The molecule has 0 saturated carbocycles. The molecule has 2 aliphatic heterocycles. The molecule has 0 N–H and O–H groups in total. The van der Waals surface area contributed by atoms with Crippen LogP contribution in [0.2, 0.25) is 0 Å². The molecule has 2 bridgehead atoms. The second-order valence-electron chi connectivity index (χ2n) is 8.31. The monoisotopic (exact) mass is 400 g/mol. The number of carbonyl (C=O) groups is 2. The van der Waals surface area contributed by atoms with Crippen molar-refractivity contribution in [3.63, 3.8) is 0 Å². The van der Waals surface area contributed by atoms with Gasteiger partial charge < -0.3 is 14.2 Å². The molecule has 1 aromatic rings. The van der Waals surface area contributed by atoms with Gasteiger partial charge in [-0.15, -0.1) is 0 Å². The van der Waals surface area contributed by atoms with Crippen LogP contribution in [0.4, 0.5) is 0 Å². The fraction of sp³-hybridized carbons (Fsp3) is 0.583. The first-order valence-corrected chi connectivity index (χ1v) is 10.8. The highest BCUT2D eigenvalue weighted by molar-refractivity contribution is 6.03. The summed E-state index contributed by atoms with van der Waals surface area (Å²) in [6.45, 7) is 5.03. The molecule has 2 aliphatic rings. The van der Waals surface area contributed by atoms with E-state index in [9.17, 15) is 9.59 Å². The highest BCUT2D eigenvalue weighted by Crippen LogP contribution is 2.40. The van der Waals surface area contributed by atoms with Crippen molar-refractivity contribution in [3.8, 4) is 0 Å². The number of ether oxygens (including phenoxy) is 3. The zero-order valence-electron chi connectivity index (χ0n) is 17.5. The first-order valence-electron chi connectivity index (χ1n) is 10.8. The van der Waals surface area contributed by atoms with Gasteiger partial charge in [-0.05, 0) is 30.7 Å². The molecule has 2 atom stereocenters. The number of hydrogen-bond acceptors (Lipinski definition) is 5. The van der Waals surface area contributed by atoms with Gasteiger partial charge in [0, 0.05) is 0 Å². The molecule has 0 spiro atoms. The van der Waals surface area contributed by atoms with E-state index < -0.39 is 11.9 Å². The van der Waals surface area contributed by atoms with Gasteiger partial charge in [0.25, 0.3) is 0 Å². The fourth-order valence-electron chi connectivity index (χ4n) is 3.94. The first-order chi connectivity index (χ1) is 14.1. The third-order valence-electron chi connectivity index (χ3n) is 5.52. The molecule has 2 heterocycles. The zero-order valence-corrected chi connectivity index (χ0v) is 17.5. The Morgan fingerprint density at radius 2 is 1.55 bits per heavy atom. The summed E-state index contributed by atoms with van der Waals surface area (Å²) >= 11 is 0. The molecule has 0 radical (unpaired) electrons. The van der Waals surface area contributed by atoms with E-state index in [2.05, 4.69) is 13.8 Å². The highest BCUT2D eigenvalue weighted by atomic mass is 16.6. The minimum Gasteiger partial charge on any atom is -0.462 e. The Bertz CT molecular complexity index is 722. The van der Waals surface area contributed by atoms with Crippen LogP contribution in [0.1, 0.15) is 64.4 Å². The quantitative estimate of drug-likeness (QED) is 0.397. The van der Waals surface area contributed by atoms with Gasteiger partial charge in [0.1, 0.15) is 6.61 Å². The van der Waals surface area contributed by atoms with E-state index in [0.717, 1.165) is 43.6 Å². The molecular formula is C24H32O5. The van der Waals surface area contributed by atoms with E-state index >= 15 is 0 Å². The van der Waals surface area contributed by atoms with Gasteiger partial charge in [-0.2, -0.15) is 0 Å². The van der Waals surface area contributed by atoms with Crippen molar-refractivity contribution < 1.29 is 23.8 Å². The van der Waals surface area contributed by atoms with E-state index in [1.54, 1.807) is 0 Å². The van der Waals surface area contributed by atoms with Crippen molar-refractivity contribution in [2.45, 2.75) is 77.6 Å². The van der Waals surface area contributed by atoms with Crippen molar-refractivity contribution in [2.24, 2.45) is 5.92 Å². The normalized spacial score (nSPS) is 20.4. The van der Waals surface area contributed by atoms with Crippen LogP contribution < -0.4 is 0 Å². The third-order valence-corrected chi connectivity index (χ3v) is 5.52. The lowest BCUT2D eigenvalue weighted by atomic mass is 9.91. The summed E-state index contributed by atoms with van der Waals surface area (Å²) in [7, 11) is 0. The smallest absolute Gasteiger partial charge is 0.337 e. The standard InChI is InChI=1S/C24H32O5/c1-17(2)10-6-3-4-9-15-27-23(25)21-19-13-14-20(29-19)22(21)24(26)28-16-18-11-7-5-8-12-18/h5,7-8,11-12,17,19-20H,3-4,6,9-10,13-16H2,1-2H3. The van der Waals surface area contributed by atoms with Gasteiger partial charge >= 0.3 is 11.9 Å². The van der Waals surface area contributed by atoms with E-state index in [-0.39, 0.29) is 18.8 Å². The lowest BCUT2D eigenvalue weighted by molar-refractivity contribution is -0.143.